The molecule has 0 amide bonds. The highest BCUT2D eigenvalue weighted by Gasteiger charge is 2.39. The molecule has 4 heteroatoms. The summed E-state index contributed by atoms with van der Waals surface area (Å²) in [7, 11) is 0. The third-order valence-electron chi connectivity index (χ3n) is 5.08. The number of hydrogen-bond donors (Lipinski definition) is 1. The Hall–Kier alpha value is -0.900. The molecule has 0 radical (unpaired) electrons. The fourth-order valence-electron chi connectivity index (χ4n) is 3.93. The van der Waals surface area contributed by atoms with Crippen LogP contribution in [0.1, 0.15) is 76.0 Å². The monoisotopic (exact) mass is 262 g/mol. The Bertz CT molecular complexity index is 425. The molecule has 1 saturated heterocycles. The molecule has 1 atom stereocenters. The van der Waals surface area contributed by atoms with Crippen molar-refractivity contribution in [2.75, 3.05) is 6.54 Å². The zero-order valence-electron chi connectivity index (χ0n) is 12.3. The largest absolute Gasteiger partial charge is 0.311 e. The molecule has 1 aromatic heterocycles. The van der Waals surface area contributed by atoms with Crippen LogP contribution in [0.5, 0.6) is 0 Å². The van der Waals surface area contributed by atoms with E-state index in [0.29, 0.717) is 6.04 Å². The van der Waals surface area contributed by atoms with Crippen LogP contribution in [0.3, 0.4) is 0 Å². The van der Waals surface area contributed by atoms with Gasteiger partial charge in [0.1, 0.15) is 5.82 Å². The lowest BCUT2D eigenvalue weighted by Crippen LogP contribution is -2.39. The SMILES string of the molecule is CCC1(c2nnc(C)n2C2CCCCC2)CCCN1. The van der Waals surface area contributed by atoms with Gasteiger partial charge in [0, 0.05) is 6.04 Å². The summed E-state index contributed by atoms with van der Waals surface area (Å²) in [6, 6.07) is 0.629. The average Bonchev–Trinajstić information content (AvgIpc) is 3.07. The van der Waals surface area contributed by atoms with E-state index in [1.165, 1.54) is 50.8 Å². The minimum absolute atomic E-state index is 0.0821. The fraction of sp³-hybridized carbons (Fsp3) is 0.867. The van der Waals surface area contributed by atoms with Crippen molar-refractivity contribution >= 4 is 0 Å². The lowest BCUT2D eigenvalue weighted by Gasteiger charge is -2.32. The van der Waals surface area contributed by atoms with Crippen molar-refractivity contribution in [1.29, 1.82) is 0 Å². The Kier molecular flexibility index (Phi) is 3.61. The molecule has 2 aliphatic rings. The molecule has 19 heavy (non-hydrogen) atoms. The third kappa shape index (κ3) is 2.20. The van der Waals surface area contributed by atoms with Crippen molar-refractivity contribution in [1.82, 2.24) is 20.1 Å². The number of rotatable bonds is 3. The fourth-order valence-corrected chi connectivity index (χ4v) is 3.93. The summed E-state index contributed by atoms with van der Waals surface area (Å²) < 4.78 is 2.46. The molecule has 3 rings (SSSR count). The van der Waals surface area contributed by atoms with E-state index >= 15 is 0 Å². The minimum Gasteiger partial charge on any atom is -0.311 e. The first-order valence-electron chi connectivity index (χ1n) is 7.94. The Balaban J connectivity index is 1.97. The molecule has 2 heterocycles. The molecule has 1 unspecified atom stereocenters. The lowest BCUT2D eigenvalue weighted by atomic mass is 9.90. The van der Waals surface area contributed by atoms with E-state index in [2.05, 4.69) is 33.9 Å². The Morgan fingerprint density at radius 3 is 2.63 bits per heavy atom. The van der Waals surface area contributed by atoms with E-state index in [4.69, 9.17) is 0 Å². The molecular weight excluding hydrogens is 236 g/mol. The quantitative estimate of drug-likeness (QED) is 0.910. The highest BCUT2D eigenvalue weighted by atomic mass is 15.3. The Morgan fingerprint density at radius 1 is 1.21 bits per heavy atom. The van der Waals surface area contributed by atoms with E-state index in [1.54, 1.807) is 0 Å². The first-order valence-corrected chi connectivity index (χ1v) is 7.94. The maximum atomic E-state index is 4.57. The Labute approximate surface area is 116 Å². The van der Waals surface area contributed by atoms with Crippen LogP contribution < -0.4 is 5.32 Å². The summed E-state index contributed by atoms with van der Waals surface area (Å²) in [6.07, 6.45) is 10.3. The summed E-state index contributed by atoms with van der Waals surface area (Å²) in [6.45, 7) is 5.50. The zero-order valence-corrected chi connectivity index (χ0v) is 12.3. The van der Waals surface area contributed by atoms with Gasteiger partial charge in [0.25, 0.3) is 0 Å². The molecule has 0 bridgehead atoms. The van der Waals surface area contributed by atoms with Gasteiger partial charge in [0.05, 0.1) is 5.54 Å². The van der Waals surface area contributed by atoms with Crippen molar-refractivity contribution in [3.05, 3.63) is 11.6 Å². The minimum atomic E-state index is 0.0821. The first kappa shape index (κ1) is 13.1. The summed E-state index contributed by atoms with van der Waals surface area (Å²) in [5.74, 6) is 2.31. The summed E-state index contributed by atoms with van der Waals surface area (Å²) >= 11 is 0. The zero-order chi connectivity index (χ0) is 13.3. The number of aryl methyl sites for hydroxylation is 1. The van der Waals surface area contributed by atoms with E-state index < -0.39 is 0 Å². The molecular formula is C15H26N4. The molecule has 0 spiro atoms. The van der Waals surface area contributed by atoms with E-state index in [-0.39, 0.29) is 5.54 Å². The number of aromatic nitrogens is 3. The van der Waals surface area contributed by atoms with Gasteiger partial charge in [-0.15, -0.1) is 10.2 Å². The second-order valence-corrected chi connectivity index (χ2v) is 6.20. The molecule has 1 N–H and O–H groups in total. The van der Waals surface area contributed by atoms with Crippen molar-refractivity contribution in [2.24, 2.45) is 0 Å². The summed E-state index contributed by atoms with van der Waals surface area (Å²) in [5, 5.41) is 12.7. The summed E-state index contributed by atoms with van der Waals surface area (Å²) in [4.78, 5) is 0. The van der Waals surface area contributed by atoms with Gasteiger partial charge < -0.3 is 9.88 Å². The van der Waals surface area contributed by atoms with Gasteiger partial charge in [0.15, 0.2) is 5.82 Å². The Morgan fingerprint density at radius 2 is 2.00 bits per heavy atom. The standard InChI is InChI=1S/C15H26N4/c1-3-15(10-7-11-16-15)14-18-17-12(2)19(14)13-8-5-4-6-9-13/h13,16H,3-11H2,1-2H3. The lowest BCUT2D eigenvalue weighted by molar-refractivity contribution is 0.287. The van der Waals surface area contributed by atoms with Crippen molar-refractivity contribution in [2.45, 2.75) is 76.8 Å². The van der Waals surface area contributed by atoms with Gasteiger partial charge in [-0.05, 0) is 45.6 Å². The predicted octanol–water partition coefficient (Wildman–Crippen LogP) is 3.08. The van der Waals surface area contributed by atoms with Crippen LogP contribution in [0.15, 0.2) is 0 Å². The van der Waals surface area contributed by atoms with Gasteiger partial charge >= 0.3 is 0 Å². The number of hydrogen-bond acceptors (Lipinski definition) is 3. The van der Waals surface area contributed by atoms with Gasteiger partial charge in [-0.2, -0.15) is 0 Å². The molecule has 1 aliphatic carbocycles. The van der Waals surface area contributed by atoms with Gasteiger partial charge in [-0.3, -0.25) is 0 Å². The molecule has 1 aliphatic heterocycles. The van der Waals surface area contributed by atoms with E-state index in [9.17, 15) is 0 Å². The predicted molar refractivity (Wildman–Crippen MR) is 76.1 cm³/mol. The van der Waals surface area contributed by atoms with Crippen molar-refractivity contribution in [3.8, 4) is 0 Å². The van der Waals surface area contributed by atoms with Crippen molar-refractivity contribution < 1.29 is 0 Å². The topological polar surface area (TPSA) is 42.7 Å². The van der Waals surface area contributed by atoms with Crippen molar-refractivity contribution in [3.63, 3.8) is 0 Å². The highest BCUT2D eigenvalue weighted by Crippen LogP contribution is 2.37. The maximum Gasteiger partial charge on any atom is 0.153 e. The molecule has 1 saturated carbocycles. The van der Waals surface area contributed by atoms with E-state index in [1.807, 2.05) is 0 Å². The molecule has 1 aromatic rings. The third-order valence-corrected chi connectivity index (χ3v) is 5.08. The molecule has 0 aromatic carbocycles. The van der Waals surface area contributed by atoms with Crippen LogP contribution in [0.2, 0.25) is 0 Å². The smallest absolute Gasteiger partial charge is 0.153 e. The maximum absolute atomic E-state index is 4.57. The van der Waals surface area contributed by atoms with E-state index in [0.717, 1.165) is 18.8 Å². The second-order valence-electron chi connectivity index (χ2n) is 6.20. The molecule has 4 nitrogen and oxygen atoms in total. The van der Waals surface area contributed by atoms with Crippen LogP contribution in [0.25, 0.3) is 0 Å². The van der Waals surface area contributed by atoms with Crippen LogP contribution in [0, 0.1) is 6.92 Å². The van der Waals surface area contributed by atoms with Crippen LogP contribution >= 0.6 is 0 Å². The number of nitrogens with zero attached hydrogens (tertiary/aromatic N) is 3. The normalized spacial score (nSPS) is 28.9. The highest BCUT2D eigenvalue weighted by molar-refractivity contribution is 5.13. The molecule has 2 fully saturated rings. The second kappa shape index (κ2) is 5.23. The van der Waals surface area contributed by atoms with Crippen LogP contribution in [-0.2, 0) is 5.54 Å². The molecule has 106 valence electrons. The van der Waals surface area contributed by atoms with Crippen LogP contribution in [-0.4, -0.2) is 21.3 Å². The first-order chi connectivity index (χ1) is 9.27. The summed E-state index contributed by atoms with van der Waals surface area (Å²) in [5.41, 5.74) is 0.0821. The van der Waals surface area contributed by atoms with Crippen LogP contribution in [0.4, 0.5) is 0 Å². The van der Waals surface area contributed by atoms with Gasteiger partial charge in [-0.1, -0.05) is 26.2 Å². The van der Waals surface area contributed by atoms with Gasteiger partial charge in [-0.25, -0.2) is 0 Å². The average molecular weight is 262 g/mol. The van der Waals surface area contributed by atoms with Gasteiger partial charge in [0.2, 0.25) is 0 Å². The number of nitrogens with one attached hydrogen (secondary N) is 1.